The van der Waals surface area contributed by atoms with Gasteiger partial charge in [-0.15, -0.1) is 0 Å². The first kappa shape index (κ1) is 13.1. The molecule has 0 aliphatic carbocycles. The molecule has 0 spiro atoms. The van der Waals surface area contributed by atoms with Crippen molar-refractivity contribution < 1.29 is 4.74 Å². The second-order valence-electron chi connectivity index (χ2n) is 4.88. The molecule has 3 nitrogen and oxygen atoms in total. The highest BCUT2D eigenvalue weighted by molar-refractivity contribution is 5.94. The summed E-state index contributed by atoms with van der Waals surface area (Å²) in [6, 6.07) is 16.1. The number of fused-ring (bicyclic) bond motifs is 1. The van der Waals surface area contributed by atoms with Gasteiger partial charge in [-0.05, 0) is 24.1 Å². The van der Waals surface area contributed by atoms with Crippen LogP contribution in [0.25, 0.3) is 10.8 Å². The van der Waals surface area contributed by atoms with E-state index in [0.717, 1.165) is 27.6 Å². The Morgan fingerprint density at radius 1 is 1.10 bits per heavy atom. The van der Waals surface area contributed by atoms with E-state index < -0.39 is 0 Å². The van der Waals surface area contributed by atoms with Gasteiger partial charge < -0.3 is 4.74 Å². The van der Waals surface area contributed by atoms with E-state index in [9.17, 15) is 5.26 Å². The number of ether oxygens (including phenoxy) is 1. The predicted molar refractivity (Wildman–Crippen MR) is 82.0 cm³/mol. The molecule has 102 valence electrons. The molecular weight excluding hydrogens is 260 g/mol. The molecule has 0 aliphatic heterocycles. The van der Waals surface area contributed by atoms with E-state index in [1.54, 1.807) is 12.4 Å². The number of hydrogen-bond acceptors (Lipinski definition) is 3. The Labute approximate surface area is 123 Å². The summed E-state index contributed by atoms with van der Waals surface area (Å²) in [6.45, 7) is 2.49. The Balaban J connectivity index is 2.00. The van der Waals surface area contributed by atoms with Crippen LogP contribution in [-0.4, -0.2) is 4.98 Å². The monoisotopic (exact) mass is 274 g/mol. The molecule has 21 heavy (non-hydrogen) atoms. The lowest BCUT2D eigenvalue weighted by molar-refractivity contribution is 0.310. The molecule has 3 heteroatoms. The van der Waals surface area contributed by atoms with Crippen molar-refractivity contribution in [1.29, 1.82) is 5.26 Å². The van der Waals surface area contributed by atoms with Crippen LogP contribution in [0, 0.1) is 18.3 Å². The minimum absolute atomic E-state index is 0.496. The largest absolute Gasteiger partial charge is 0.488 e. The molecule has 0 bridgehead atoms. The Morgan fingerprint density at radius 2 is 1.90 bits per heavy atom. The number of benzene rings is 2. The van der Waals surface area contributed by atoms with E-state index in [-0.39, 0.29) is 0 Å². The minimum Gasteiger partial charge on any atom is -0.488 e. The average Bonchev–Trinajstić information content (AvgIpc) is 2.54. The van der Waals surface area contributed by atoms with Crippen LogP contribution in [0.15, 0.2) is 54.9 Å². The van der Waals surface area contributed by atoms with Gasteiger partial charge in [-0.3, -0.25) is 4.98 Å². The molecule has 2 aromatic carbocycles. The average molecular weight is 274 g/mol. The molecular formula is C18H14N2O. The molecule has 1 heterocycles. The van der Waals surface area contributed by atoms with Crippen molar-refractivity contribution in [1.82, 2.24) is 4.98 Å². The lowest BCUT2D eigenvalue weighted by Crippen LogP contribution is -1.97. The Hall–Kier alpha value is -2.86. The Bertz CT molecular complexity index is 820. The summed E-state index contributed by atoms with van der Waals surface area (Å²) in [5.41, 5.74) is 2.74. The van der Waals surface area contributed by atoms with Gasteiger partial charge in [0.2, 0.25) is 0 Å². The van der Waals surface area contributed by atoms with Crippen molar-refractivity contribution in [3.05, 3.63) is 71.5 Å². The van der Waals surface area contributed by atoms with Crippen molar-refractivity contribution in [2.75, 3.05) is 0 Å². The standard InChI is InChI=1S/C18H14N2O/c1-13-7-8-17(21-12-14-5-3-2-4-6-14)16-11-20-10-15(9-19)18(13)16/h2-8,10-11H,12H2,1H3. The highest BCUT2D eigenvalue weighted by Gasteiger charge is 2.09. The maximum Gasteiger partial charge on any atom is 0.129 e. The van der Waals surface area contributed by atoms with Crippen LogP contribution < -0.4 is 4.74 Å². The van der Waals surface area contributed by atoms with E-state index >= 15 is 0 Å². The number of aryl methyl sites for hydroxylation is 1. The summed E-state index contributed by atoms with van der Waals surface area (Å²) >= 11 is 0. The third-order valence-electron chi connectivity index (χ3n) is 3.45. The first-order valence-electron chi connectivity index (χ1n) is 6.74. The SMILES string of the molecule is Cc1ccc(OCc2ccccc2)c2cncc(C#N)c12. The van der Waals surface area contributed by atoms with Gasteiger partial charge in [-0.2, -0.15) is 5.26 Å². The summed E-state index contributed by atoms with van der Waals surface area (Å²) in [6.07, 6.45) is 3.35. The Morgan fingerprint density at radius 3 is 2.67 bits per heavy atom. The molecule has 0 fully saturated rings. The second kappa shape index (κ2) is 5.64. The van der Waals surface area contributed by atoms with Crippen molar-refractivity contribution >= 4 is 10.8 Å². The molecule has 3 rings (SSSR count). The van der Waals surface area contributed by atoms with Crippen LogP contribution in [0.5, 0.6) is 5.75 Å². The van der Waals surface area contributed by atoms with Crippen molar-refractivity contribution in [2.45, 2.75) is 13.5 Å². The van der Waals surface area contributed by atoms with Crippen molar-refractivity contribution in [3.63, 3.8) is 0 Å². The first-order chi connectivity index (χ1) is 10.3. The number of pyridine rings is 1. The molecule has 0 radical (unpaired) electrons. The minimum atomic E-state index is 0.496. The number of nitriles is 1. The van der Waals surface area contributed by atoms with Crippen LogP contribution in [0.2, 0.25) is 0 Å². The van der Waals surface area contributed by atoms with Gasteiger partial charge in [-0.1, -0.05) is 36.4 Å². The molecule has 0 amide bonds. The van der Waals surface area contributed by atoms with Gasteiger partial charge >= 0.3 is 0 Å². The van der Waals surface area contributed by atoms with E-state index in [2.05, 4.69) is 11.1 Å². The zero-order chi connectivity index (χ0) is 14.7. The zero-order valence-electron chi connectivity index (χ0n) is 11.7. The summed E-state index contributed by atoms with van der Waals surface area (Å²) < 4.78 is 5.91. The van der Waals surface area contributed by atoms with E-state index in [1.807, 2.05) is 49.4 Å². The molecule has 0 unspecified atom stereocenters. The van der Waals surface area contributed by atoms with Gasteiger partial charge in [-0.25, -0.2) is 0 Å². The lowest BCUT2D eigenvalue weighted by atomic mass is 10.0. The topological polar surface area (TPSA) is 45.9 Å². The summed E-state index contributed by atoms with van der Waals surface area (Å²) in [5.74, 6) is 0.754. The third kappa shape index (κ3) is 2.56. The summed E-state index contributed by atoms with van der Waals surface area (Å²) in [7, 11) is 0. The fraction of sp³-hybridized carbons (Fsp3) is 0.111. The van der Waals surface area contributed by atoms with Crippen molar-refractivity contribution in [3.8, 4) is 11.8 Å². The molecule has 0 atom stereocenters. The fourth-order valence-corrected chi connectivity index (χ4v) is 2.39. The normalized spacial score (nSPS) is 10.3. The number of hydrogen-bond donors (Lipinski definition) is 0. The molecule has 3 aromatic rings. The van der Waals surface area contributed by atoms with E-state index in [1.165, 1.54) is 0 Å². The zero-order valence-corrected chi connectivity index (χ0v) is 11.7. The van der Waals surface area contributed by atoms with Crippen LogP contribution in [0.3, 0.4) is 0 Å². The molecule has 0 aliphatic rings. The van der Waals surface area contributed by atoms with Gasteiger partial charge in [0, 0.05) is 23.2 Å². The van der Waals surface area contributed by atoms with Crippen LogP contribution in [-0.2, 0) is 6.61 Å². The predicted octanol–water partition coefficient (Wildman–Crippen LogP) is 3.99. The highest BCUT2D eigenvalue weighted by atomic mass is 16.5. The fourth-order valence-electron chi connectivity index (χ4n) is 2.39. The van der Waals surface area contributed by atoms with E-state index in [4.69, 9.17) is 4.74 Å². The molecule has 0 saturated heterocycles. The number of aromatic nitrogens is 1. The quantitative estimate of drug-likeness (QED) is 0.725. The van der Waals surface area contributed by atoms with E-state index in [0.29, 0.717) is 12.2 Å². The van der Waals surface area contributed by atoms with Gasteiger partial charge in [0.1, 0.15) is 18.4 Å². The smallest absolute Gasteiger partial charge is 0.129 e. The van der Waals surface area contributed by atoms with Crippen LogP contribution >= 0.6 is 0 Å². The van der Waals surface area contributed by atoms with Gasteiger partial charge in [0.05, 0.1) is 5.56 Å². The van der Waals surface area contributed by atoms with Gasteiger partial charge in [0.25, 0.3) is 0 Å². The first-order valence-corrected chi connectivity index (χ1v) is 6.74. The summed E-state index contributed by atoms with van der Waals surface area (Å²) in [4.78, 5) is 4.14. The molecule has 0 saturated carbocycles. The maximum atomic E-state index is 9.23. The Kier molecular flexibility index (Phi) is 3.53. The molecule has 0 N–H and O–H groups in total. The van der Waals surface area contributed by atoms with Crippen LogP contribution in [0.4, 0.5) is 0 Å². The third-order valence-corrected chi connectivity index (χ3v) is 3.45. The molecule has 1 aromatic heterocycles. The number of nitrogens with zero attached hydrogens (tertiary/aromatic N) is 2. The second-order valence-corrected chi connectivity index (χ2v) is 4.88. The maximum absolute atomic E-state index is 9.23. The lowest BCUT2D eigenvalue weighted by Gasteiger charge is -2.11. The highest BCUT2D eigenvalue weighted by Crippen LogP contribution is 2.30. The van der Waals surface area contributed by atoms with Crippen LogP contribution in [0.1, 0.15) is 16.7 Å². The summed E-state index contributed by atoms with van der Waals surface area (Å²) in [5, 5.41) is 11.0. The van der Waals surface area contributed by atoms with Gasteiger partial charge in [0.15, 0.2) is 0 Å². The number of rotatable bonds is 3. The van der Waals surface area contributed by atoms with Crippen molar-refractivity contribution in [2.24, 2.45) is 0 Å².